The zero-order chi connectivity index (χ0) is 11.6. The van der Waals surface area contributed by atoms with Crippen molar-refractivity contribution in [2.75, 3.05) is 0 Å². The molecule has 0 radical (unpaired) electrons. The molecule has 0 amide bonds. The molecule has 0 aromatic carbocycles. The van der Waals surface area contributed by atoms with Gasteiger partial charge in [0.25, 0.3) is 0 Å². The van der Waals surface area contributed by atoms with Crippen LogP contribution in [0.5, 0.6) is 0 Å². The minimum absolute atomic E-state index is 0.264. The lowest BCUT2D eigenvalue weighted by Gasteiger charge is -2.27. The van der Waals surface area contributed by atoms with E-state index in [-0.39, 0.29) is 11.4 Å². The van der Waals surface area contributed by atoms with Gasteiger partial charge in [-0.3, -0.25) is 0 Å². The van der Waals surface area contributed by atoms with Crippen LogP contribution in [0.1, 0.15) is 13.3 Å². The van der Waals surface area contributed by atoms with Gasteiger partial charge in [-0.05, 0) is 19.4 Å². The van der Waals surface area contributed by atoms with Gasteiger partial charge in [-0.25, -0.2) is 4.79 Å². The number of ether oxygens (including phenoxy) is 1. The molecule has 16 heavy (non-hydrogen) atoms. The van der Waals surface area contributed by atoms with Crippen LogP contribution in [0.15, 0.2) is 60.4 Å². The fourth-order valence-electron chi connectivity index (χ4n) is 1.80. The largest absolute Gasteiger partial charge is 0.426 e. The number of esters is 1. The lowest BCUT2D eigenvalue weighted by Crippen LogP contribution is -2.21. The van der Waals surface area contributed by atoms with Gasteiger partial charge >= 0.3 is 5.97 Å². The van der Waals surface area contributed by atoms with Gasteiger partial charge in [0.15, 0.2) is 0 Å². The van der Waals surface area contributed by atoms with E-state index in [0.717, 1.165) is 6.42 Å². The highest BCUT2D eigenvalue weighted by atomic mass is 16.5. The summed E-state index contributed by atoms with van der Waals surface area (Å²) in [5.41, 5.74) is 0.151. The van der Waals surface area contributed by atoms with Crippen molar-refractivity contribution >= 4 is 5.97 Å². The standard InChI is InChI=1S/C14H14O2/c1-11(2)13(15)16-12-7-6-10-14(12)8-4-3-5-9-14/h3-8,10H,1,9H2,2H3. The molecule has 1 unspecified atom stereocenters. The van der Waals surface area contributed by atoms with Gasteiger partial charge < -0.3 is 4.74 Å². The first-order chi connectivity index (χ1) is 7.64. The first kappa shape index (κ1) is 10.7. The van der Waals surface area contributed by atoms with Crippen molar-refractivity contribution in [3.63, 3.8) is 0 Å². The summed E-state index contributed by atoms with van der Waals surface area (Å²) >= 11 is 0. The molecule has 2 rings (SSSR count). The van der Waals surface area contributed by atoms with Crippen molar-refractivity contribution in [3.8, 4) is 0 Å². The van der Waals surface area contributed by atoms with Gasteiger partial charge in [-0.2, -0.15) is 0 Å². The monoisotopic (exact) mass is 214 g/mol. The highest BCUT2D eigenvalue weighted by Gasteiger charge is 2.34. The Kier molecular flexibility index (Phi) is 2.65. The predicted molar refractivity (Wildman–Crippen MR) is 63.5 cm³/mol. The van der Waals surface area contributed by atoms with Crippen molar-refractivity contribution in [3.05, 3.63) is 60.4 Å². The molecule has 0 aliphatic heterocycles. The van der Waals surface area contributed by atoms with Crippen LogP contribution in [0.3, 0.4) is 0 Å². The fraction of sp³-hybridized carbons (Fsp3) is 0.214. The molecule has 0 saturated heterocycles. The Morgan fingerprint density at radius 1 is 1.38 bits per heavy atom. The van der Waals surface area contributed by atoms with Crippen LogP contribution in [-0.2, 0) is 9.53 Å². The van der Waals surface area contributed by atoms with Gasteiger partial charge in [-0.15, -0.1) is 0 Å². The van der Waals surface area contributed by atoms with E-state index < -0.39 is 0 Å². The molecule has 0 aromatic rings. The second kappa shape index (κ2) is 3.97. The van der Waals surface area contributed by atoms with E-state index in [4.69, 9.17) is 4.74 Å². The number of allylic oxidation sites excluding steroid dienone is 6. The molecule has 82 valence electrons. The average molecular weight is 214 g/mol. The lowest BCUT2D eigenvalue weighted by atomic mass is 9.82. The van der Waals surface area contributed by atoms with E-state index in [2.05, 4.69) is 12.7 Å². The summed E-state index contributed by atoms with van der Waals surface area (Å²) in [6.07, 6.45) is 14.7. The summed E-state index contributed by atoms with van der Waals surface area (Å²) in [5, 5.41) is 0. The Bertz CT molecular complexity index is 449. The topological polar surface area (TPSA) is 26.3 Å². The van der Waals surface area contributed by atoms with Crippen LogP contribution in [0.2, 0.25) is 0 Å². The molecular weight excluding hydrogens is 200 g/mol. The average Bonchev–Trinajstić information content (AvgIpc) is 2.62. The summed E-state index contributed by atoms with van der Waals surface area (Å²) < 4.78 is 5.34. The highest BCUT2D eigenvalue weighted by Crippen LogP contribution is 2.41. The number of carbonyl (C=O) groups is 1. The predicted octanol–water partition coefficient (Wildman–Crippen LogP) is 3.06. The molecule has 1 spiro atoms. The van der Waals surface area contributed by atoms with Crippen molar-refractivity contribution in [1.82, 2.24) is 0 Å². The smallest absolute Gasteiger partial charge is 0.338 e. The quantitative estimate of drug-likeness (QED) is 0.521. The van der Waals surface area contributed by atoms with Crippen molar-refractivity contribution < 1.29 is 9.53 Å². The van der Waals surface area contributed by atoms with Crippen LogP contribution in [0.25, 0.3) is 0 Å². The Hall–Kier alpha value is -1.83. The van der Waals surface area contributed by atoms with Gasteiger partial charge in [0.05, 0.1) is 5.41 Å². The third-order valence-corrected chi connectivity index (χ3v) is 2.75. The summed E-state index contributed by atoms with van der Waals surface area (Å²) in [4.78, 5) is 11.5. The Morgan fingerprint density at radius 2 is 2.12 bits per heavy atom. The van der Waals surface area contributed by atoms with Crippen LogP contribution in [0.4, 0.5) is 0 Å². The number of hydrogen-bond donors (Lipinski definition) is 0. The molecule has 0 saturated carbocycles. The van der Waals surface area contributed by atoms with Gasteiger partial charge in [0, 0.05) is 5.57 Å². The van der Waals surface area contributed by atoms with Crippen LogP contribution < -0.4 is 0 Å². The normalized spacial score (nSPS) is 25.9. The summed E-state index contributed by atoms with van der Waals surface area (Å²) in [5.74, 6) is 0.318. The third-order valence-electron chi connectivity index (χ3n) is 2.75. The van der Waals surface area contributed by atoms with Crippen LogP contribution in [0, 0.1) is 5.41 Å². The van der Waals surface area contributed by atoms with E-state index >= 15 is 0 Å². The first-order valence-electron chi connectivity index (χ1n) is 5.26. The van der Waals surface area contributed by atoms with E-state index in [1.54, 1.807) is 6.92 Å². The zero-order valence-corrected chi connectivity index (χ0v) is 9.27. The minimum Gasteiger partial charge on any atom is -0.426 e. The third kappa shape index (κ3) is 1.78. The zero-order valence-electron chi connectivity index (χ0n) is 9.27. The number of hydrogen-bond acceptors (Lipinski definition) is 2. The molecule has 2 aliphatic rings. The second-order valence-corrected chi connectivity index (χ2v) is 4.09. The molecule has 2 heteroatoms. The second-order valence-electron chi connectivity index (χ2n) is 4.09. The molecule has 0 N–H and O–H groups in total. The van der Waals surface area contributed by atoms with Gasteiger partial charge in [0.2, 0.25) is 0 Å². The van der Waals surface area contributed by atoms with Crippen LogP contribution >= 0.6 is 0 Å². The van der Waals surface area contributed by atoms with Crippen molar-refractivity contribution in [2.45, 2.75) is 13.3 Å². The molecule has 2 nitrogen and oxygen atoms in total. The van der Waals surface area contributed by atoms with Gasteiger partial charge in [0.1, 0.15) is 5.76 Å². The maximum Gasteiger partial charge on any atom is 0.338 e. The Labute approximate surface area is 95.3 Å². The molecular formula is C14H14O2. The highest BCUT2D eigenvalue weighted by molar-refractivity contribution is 5.88. The summed E-state index contributed by atoms with van der Waals surface area (Å²) in [7, 11) is 0. The number of carbonyl (C=O) groups excluding carboxylic acids is 1. The summed E-state index contributed by atoms with van der Waals surface area (Å²) in [6, 6.07) is 0. The molecule has 1 atom stereocenters. The van der Waals surface area contributed by atoms with E-state index in [9.17, 15) is 4.79 Å². The molecule has 0 aromatic heterocycles. The number of rotatable bonds is 2. The minimum atomic E-state index is -0.364. The van der Waals surface area contributed by atoms with Crippen molar-refractivity contribution in [1.29, 1.82) is 0 Å². The lowest BCUT2D eigenvalue weighted by molar-refractivity contribution is -0.136. The first-order valence-corrected chi connectivity index (χ1v) is 5.26. The maximum absolute atomic E-state index is 11.5. The molecule has 0 bridgehead atoms. The molecule has 0 fully saturated rings. The Balaban J connectivity index is 2.18. The molecule has 2 aliphatic carbocycles. The van der Waals surface area contributed by atoms with E-state index in [0.29, 0.717) is 11.3 Å². The van der Waals surface area contributed by atoms with E-state index in [1.807, 2.05) is 36.5 Å². The van der Waals surface area contributed by atoms with Gasteiger partial charge in [-0.1, -0.05) is 43.0 Å². The van der Waals surface area contributed by atoms with E-state index in [1.165, 1.54) is 0 Å². The van der Waals surface area contributed by atoms with Crippen LogP contribution in [-0.4, -0.2) is 5.97 Å². The Morgan fingerprint density at radius 3 is 2.75 bits per heavy atom. The molecule has 0 heterocycles. The SMILES string of the molecule is C=C(C)C(=O)OC1=CC=CC12C=CC=CC2. The summed E-state index contributed by atoms with van der Waals surface area (Å²) in [6.45, 7) is 5.22. The fourth-order valence-corrected chi connectivity index (χ4v) is 1.80. The maximum atomic E-state index is 11.5. The van der Waals surface area contributed by atoms with Crippen molar-refractivity contribution in [2.24, 2.45) is 5.41 Å².